The largest absolute Gasteiger partial charge is 0.469 e. The number of carbonyl (C=O) groups is 4. The van der Waals surface area contributed by atoms with Crippen molar-refractivity contribution in [2.24, 2.45) is 5.92 Å². The molecule has 0 saturated heterocycles. The summed E-state index contributed by atoms with van der Waals surface area (Å²) in [6.07, 6.45) is -0.0554. The standard InChI is InChI=1S/C36H38ClN3O9S/c1-20(33(42)39-27-15-13-24(17-22(27)18-29(41)47-5)38-35(44)49-36(2,3)4)26-14-12-21-16-23(37)19-28-30(21)31(26)32(34(43)48-6)40(28)50(45,46)25-10-8-7-9-11-25/h7-11,13,15-17,19-20,26H,12,14,18H2,1-6H3,(H,38,44)(H,39,42). The number of aromatic nitrogens is 1. The Kier molecular flexibility index (Phi) is 10.3. The van der Waals surface area contributed by atoms with Crippen molar-refractivity contribution in [1.82, 2.24) is 3.97 Å². The molecule has 2 N–H and O–H groups in total. The van der Waals surface area contributed by atoms with Crippen molar-refractivity contribution in [1.29, 1.82) is 0 Å². The Bertz CT molecular complexity index is 2100. The Morgan fingerprint density at radius 2 is 1.68 bits per heavy atom. The van der Waals surface area contributed by atoms with E-state index in [9.17, 15) is 27.6 Å². The molecule has 14 heteroatoms. The SMILES string of the molecule is COC(=O)Cc1cc(NC(=O)OC(C)(C)C)ccc1NC(=O)C(C)C1CCc2cc(Cl)cc3c2c1c(C(=O)OC)n3S(=O)(=O)c1ccccc1. The maximum absolute atomic E-state index is 14.2. The van der Waals surface area contributed by atoms with Crippen LogP contribution in [0.25, 0.3) is 10.9 Å². The van der Waals surface area contributed by atoms with E-state index in [1.807, 2.05) is 0 Å². The zero-order chi connectivity index (χ0) is 36.5. The van der Waals surface area contributed by atoms with Crippen LogP contribution in [0.15, 0.2) is 65.6 Å². The average molecular weight is 724 g/mol. The molecule has 1 heterocycles. The molecular formula is C36H38ClN3O9S. The number of amides is 2. The fourth-order valence-electron chi connectivity index (χ4n) is 6.24. The zero-order valence-electron chi connectivity index (χ0n) is 28.5. The predicted octanol–water partition coefficient (Wildman–Crippen LogP) is 6.69. The third kappa shape index (κ3) is 7.34. The Labute approximate surface area is 295 Å². The number of carbonyl (C=O) groups excluding carboxylic acids is 4. The van der Waals surface area contributed by atoms with Crippen LogP contribution in [-0.2, 0) is 46.7 Å². The van der Waals surface area contributed by atoms with E-state index >= 15 is 0 Å². The predicted molar refractivity (Wildman–Crippen MR) is 188 cm³/mol. The lowest BCUT2D eigenvalue weighted by atomic mass is 9.76. The van der Waals surface area contributed by atoms with Gasteiger partial charge in [0.25, 0.3) is 10.0 Å². The zero-order valence-corrected chi connectivity index (χ0v) is 30.0. The molecule has 0 bridgehead atoms. The Morgan fingerprint density at radius 3 is 2.32 bits per heavy atom. The second kappa shape index (κ2) is 14.2. The van der Waals surface area contributed by atoms with Gasteiger partial charge in [-0.25, -0.2) is 22.0 Å². The third-order valence-corrected chi connectivity index (χ3v) is 10.4. The van der Waals surface area contributed by atoms with Crippen LogP contribution in [0.3, 0.4) is 0 Å². The van der Waals surface area contributed by atoms with Crippen LogP contribution in [0, 0.1) is 5.92 Å². The number of hydrogen-bond acceptors (Lipinski definition) is 9. The average Bonchev–Trinajstić information content (AvgIpc) is 3.41. The van der Waals surface area contributed by atoms with Crippen LogP contribution in [0.2, 0.25) is 5.02 Å². The lowest BCUT2D eigenvalue weighted by molar-refractivity contribution is -0.139. The number of esters is 2. The maximum atomic E-state index is 14.2. The van der Waals surface area contributed by atoms with E-state index in [0.717, 1.165) is 16.6 Å². The summed E-state index contributed by atoms with van der Waals surface area (Å²) in [4.78, 5) is 52.3. The molecule has 2 unspecified atom stereocenters. The maximum Gasteiger partial charge on any atom is 0.412 e. The van der Waals surface area contributed by atoms with Crippen molar-refractivity contribution in [3.05, 3.63) is 88.1 Å². The topological polar surface area (TPSA) is 159 Å². The van der Waals surface area contributed by atoms with Crippen LogP contribution in [0.1, 0.15) is 67.2 Å². The number of hydrogen-bond donors (Lipinski definition) is 2. The van der Waals surface area contributed by atoms with Gasteiger partial charge in [0.15, 0.2) is 0 Å². The second-order valence-electron chi connectivity index (χ2n) is 13.0. The smallest absolute Gasteiger partial charge is 0.412 e. The van der Waals surface area contributed by atoms with Gasteiger partial charge in [0, 0.05) is 27.7 Å². The molecule has 50 heavy (non-hydrogen) atoms. The van der Waals surface area contributed by atoms with E-state index in [4.69, 9.17) is 25.8 Å². The van der Waals surface area contributed by atoms with E-state index < -0.39 is 51.4 Å². The number of ether oxygens (including phenoxy) is 3. The van der Waals surface area contributed by atoms with Gasteiger partial charge < -0.3 is 19.5 Å². The monoisotopic (exact) mass is 723 g/mol. The minimum absolute atomic E-state index is 0.0422. The van der Waals surface area contributed by atoms with Crippen molar-refractivity contribution in [2.45, 2.75) is 63.4 Å². The van der Waals surface area contributed by atoms with E-state index in [1.165, 1.54) is 31.4 Å². The van der Waals surface area contributed by atoms with Gasteiger partial charge in [-0.3, -0.25) is 14.9 Å². The van der Waals surface area contributed by atoms with Gasteiger partial charge in [0.2, 0.25) is 5.91 Å². The highest BCUT2D eigenvalue weighted by molar-refractivity contribution is 7.90. The second-order valence-corrected chi connectivity index (χ2v) is 15.2. The van der Waals surface area contributed by atoms with Crippen LogP contribution in [-0.4, -0.2) is 56.1 Å². The summed E-state index contributed by atoms with van der Waals surface area (Å²) in [6, 6.07) is 15.6. The highest BCUT2D eigenvalue weighted by Crippen LogP contribution is 2.47. The number of halogens is 1. The van der Waals surface area contributed by atoms with Gasteiger partial charge in [-0.05, 0) is 98.7 Å². The first-order valence-electron chi connectivity index (χ1n) is 15.8. The quantitative estimate of drug-likeness (QED) is 0.142. The third-order valence-electron chi connectivity index (χ3n) is 8.45. The molecule has 5 rings (SSSR count). The molecule has 4 aromatic rings. The van der Waals surface area contributed by atoms with Crippen molar-refractivity contribution >= 4 is 67.8 Å². The molecule has 0 radical (unpaired) electrons. The summed E-state index contributed by atoms with van der Waals surface area (Å²) in [7, 11) is -1.93. The number of rotatable bonds is 9. The van der Waals surface area contributed by atoms with E-state index in [1.54, 1.807) is 64.1 Å². The first-order valence-corrected chi connectivity index (χ1v) is 17.6. The molecular weight excluding hydrogens is 686 g/mol. The van der Waals surface area contributed by atoms with E-state index in [0.29, 0.717) is 45.8 Å². The summed E-state index contributed by atoms with van der Waals surface area (Å²) < 4.78 is 44.7. The molecule has 0 aliphatic heterocycles. The highest BCUT2D eigenvalue weighted by Gasteiger charge is 2.40. The number of aryl methyl sites for hydroxylation is 1. The Hall–Kier alpha value is -4.88. The van der Waals surface area contributed by atoms with E-state index in [-0.39, 0.29) is 22.5 Å². The molecule has 2 amide bonds. The molecule has 2 atom stereocenters. The van der Waals surface area contributed by atoms with Crippen LogP contribution < -0.4 is 10.6 Å². The van der Waals surface area contributed by atoms with Gasteiger partial charge >= 0.3 is 18.0 Å². The van der Waals surface area contributed by atoms with Crippen LogP contribution in [0.4, 0.5) is 16.2 Å². The summed E-state index contributed by atoms with van der Waals surface area (Å²) >= 11 is 6.49. The number of benzene rings is 3. The number of anilines is 2. The molecule has 0 saturated carbocycles. The van der Waals surface area contributed by atoms with Gasteiger partial charge in [-0.1, -0.05) is 36.7 Å². The Balaban J connectivity index is 1.57. The van der Waals surface area contributed by atoms with Gasteiger partial charge in [-0.15, -0.1) is 0 Å². The summed E-state index contributed by atoms with van der Waals surface area (Å²) in [6.45, 7) is 6.87. The highest BCUT2D eigenvalue weighted by atomic mass is 35.5. The number of nitrogens with one attached hydrogen (secondary N) is 2. The molecule has 3 aromatic carbocycles. The van der Waals surface area contributed by atoms with Crippen molar-refractivity contribution < 1.29 is 41.8 Å². The van der Waals surface area contributed by atoms with Crippen molar-refractivity contribution in [3.8, 4) is 0 Å². The van der Waals surface area contributed by atoms with E-state index in [2.05, 4.69) is 10.6 Å². The van der Waals surface area contributed by atoms with Crippen LogP contribution >= 0.6 is 11.6 Å². The minimum Gasteiger partial charge on any atom is -0.469 e. The summed E-state index contributed by atoms with van der Waals surface area (Å²) in [5, 5.41) is 6.34. The fourth-order valence-corrected chi connectivity index (χ4v) is 8.00. The van der Waals surface area contributed by atoms with Crippen molar-refractivity contribution in [2.75, 3.05) is 24.9 Å². The molecule has 0 spiro atoms. The minimum atomic E-state index is -4.33. The molecule has 12 nitrogen and oxygen atoms in total. The summed E-state index contributed by atoms with van der Waals surface area (Å²) in [5.41, 5.74) is 1.38. The first kappa shape index (κ1) is 36.4. The normalized spacial score (nSPS) is 14.8. The van der Waals surface area contributed by atoms with Gasteiger partial charge in [0.1, 0.15) is 11.3 Å². The van der Waals surface area contributed by atoms with Crippen molar-refractivity contribution in [3.63, 3.8) is 0 Å². The molecule has 1 aromatic heterocycles. The van der Waals surface area contributed by atoms with Crippen LogP contribution in [0.5, 0.6) is 0 Å². The lowest BCUT2D eigenvalue weighted by Gasteiger charge is -2.28. The first-order chi connectivity index (χ1) is 23.5. The molecule has 264 valence electrons. The summed E-state index contributed by atoms with van der Waals surface area (Å²) in [5.74, 6) is -3.33. The molecule has 1 aliphatic rings. The molecule has 0 fully saturated rings. The Morgan fingerprint density at radius 1 is 0.980 bits per heavy atom. The molecule has 1 aliphatic carbocycles. The number of nitrogens with zero attached hydrogens (tertiary/aromatic N) is 1. The van der Waals surface area contributed by atoms with Gasteiger partial charge in [0.05, 0.1) is 31.1 Å². The fraction of sp³-hybridized carbons (Fsp3) is 0.333. The number of methoxy groups -OCH3 is 2. The lowest BCUT2D eigenvalue weighted by Crippen LogP contribution is -2.30. The van der Waals surface area contributed by atoms with Gasteiger partial charge in [-0.2, -0.15) is 0 Å².